The SMILES string of the molecule is CCNC(CC)(CCCSc1ccccc1C)C(=O)O. The Labute approximate surface area is 126 Å². The summed E-state index contributed by atoms with van der Waals surface area (Å²) in [6.45, 7) is 6.68. The summed E-state index contributed by atoms with van der Waals surface area (Å²) in [5.74, 6) is 0.216. The molecule has 1 unspecified atom stereocenters. The Balaban J connectivity index is 2.49. The van der Waals surface area contributed by atoms with Gasteiger partial charge in [-0.25, -0.2) is 0 Å². The first-order valence-electron chi connectivity index (χ1n) is 7.22. The van der Waals surface area contributed by atoms with E-state index in [4.69, 9.17) is 0 Å². The fourth-order valence-electron chi connectivity index (χ4n) is 2.34. The molecule has 3 nitrogen and oxygen atoms in total. The zero-order valence-electron chi connectivity index (χ0n) is 12.6. The van der Waals surface area contributed by atoms with Crippen molar-refractivity contribution in [2.24, 2.45) is 0 Å². The van der Waals surface area contributed by atoms with Crippen LogP contribution in [0.4, 0.5) is 0 Å². The molecule has 20 heavy (non-hydrogen) atoms. The van der Waals surface area contributed by atoms with Crippen LogP contribution in [-0.2, 0) is 4.79 Å². The van der Waals surface area contributed by atoms with Gasteiger partial charge in [-0.2, -0.15) is 0 Å². The number of rotatable bonds is 9. The van der Waals surface area contributed by atoms with Crippen LogP contribution < -0.4 is 5.32 Å². The molecule has 0 aliphatic carbocycles. The largest absolute Gasteiger partial charge is 0.480 e. The molecule has 1 aromatic carbocycles. The summed E-state index contributed by atoms with van der Waals surface area (Å²) in [6, 6.07) is 8.31. The molecule has 0 saturated carbocycles. The Morgan fingerprint density at radius 1 is 1.35 bits per heavy atom. The van der Waals surface area contributed by atoms with Gasteiger partial charge in [0.25, 0.3) is 0 Å². The lowest BCUT2D eigenvalue weighted by atomic mass is 9.91. The third-order valence-corrected chi connectivity index (χ3v) is 4.89. The maximum atomic E-state index is 11.5. The number of hydrogen-bond donors (Lipinski definition) is 2. The summed E-state index contributed by atoms with van der Waals surface area (Å²) in [6.07, 6.45) is 2.18. The van der Waals surface area contributed by atoms with E-state index in [1.165, 1.54) is 10.5 Å². The molecule has 1 atom stereocenters. The first-order chi connectivity index (χ1) is 9.55. The Morgan fingerprint density at radius 2 is 2.05 bits per heavy atom. The third kappa shape index (κ3) is 4.53. The minimum atomic E-state index is -0.763. The van der Waals surface area contributed by atoms with Gasteiger partial charge in [0.15, 0.2) is 0 Å². The maximum absolute atomic E-state index is 11.5. The monoisotopic (exact) mass is 295 g/mol. The zero-order chi connectivity index (χ0) is 15.0. The molecule has 1 aromatic rings. The number of aliphatic carboxylic acids is 1. The van der Waals surface area contributed by atoms with Gasteiger partial charge < -0.3 is 10.4 Å². The van der Waals surface area contributed by atoms with Gasteiger partial charge in [-0.3, -0.25) is 4.79 Å². The highest BCUT2D eigenvalue weighted by atomic mass is 32.2. The highest BCUT2D eigenvalue weighted by molar-refractivity contribution is 7.99. The standard InChI is InChI=1S/C16H25NO2S/c1-4-16(15(18)19,17-5-2)11-8-12-20-14-10-7-6-9-13(14)3/h6-7,9-10,17H,4-5,8,11-12H2,1-3H3,(H,18,19). The molecule has 0 fully saturated rings. The number of aryl methyl sites for hydroxylation is 1. The van der Waals surface area contributed by atoms with E-state index in [1.807, 2.05) is 37.7 Å². The van der Waals surface area contributed by atoms with E-state index in [1.54, 1.807) is 0 Å². The van der Waals surface area contributed by atoms with Crippen LogP contribution in [0.3, 0.4) is 0 Å². The van der Waals surface area contributed by atoms with Gasteiger partial charge in [0.05, 0.1) is 0 Å². The second-order valence-electron chi connectivity index (χ2n) is 4.99. The summed E-state index contributed by atoms with van der Waals surface area (Å²) < 4.78 is 0. The molecule has 0 heterocycles. The predicted octanol–water partition coefficient (Wildman–Crippen LogP) is 3.71. The Hall–Kier alpha value is -1.00. The number of likely N-dealkylation sites (N-methyl/N-ethyl adjacent to an activating group) is 1. The molecular weight excluding hydrogens is 270 g/mol. The number of benzene rings is 1. The van der Waals surface area contributed by atoms with Gasteiger partial charge in [0.2, 0.25) is 0 Å². The van der Waals surface area contributed by atoms with Crippen LogP contribution >= 0.6 is 11.8 Å². The van der Waals surface area contributed by atoms with E-state index in [-0.39, 0.29) is 0 Å². The summed E-state index contributed by atoms with van der Waals surface area (Å²) in [4.78, 5) is 12.8. The third-order valence-electron chi connectivity index (χ3n) is 3.63. The van der Waals surface area contributed by atoms with Gasteiger partial charge in [-0.15, -0.1) is 11.8 Å². The van der Waals surface area contributed by atoms with Crippen molar-refractivity contribution in [1.82, 2.24) is 5.32 Å². The van der Waals surface area contributed by atoms with Crippen molar-refractivity contribution < 1.29 is 9.90 Å². The second kappa shape index (κ2) is 8.32. The number of nitrogens with one attached hydrogen (secondary N) is 1. The van der Waals surface area contributed by atoms with Gasteiger partial charge in [0.1, 0.15) is 5.54 Å². The van der Waals surface area contributed by atoms with Crippen LogP contribution in [0.25, 0.3) is 0 Å². The minimum absolute atomic E-state index is 0.616. The molecule has 0 aliphatic heterocycles. The van der Waals surface area contributed by atoms with Crippen molar-refractivity contribution in [3.05, 3.63) is 29.8 Å². The normalized spacial score (nSPS) is 13.9. The summed E-state index contributed by atoms with van der Waals surface area (Å²) >= 11 is 1.81. The quantitative estimate of drug-likeness (QED) is 0.538. The molecule has 0 saturated heterocycles. The number of carboxylic acids is 1. The molecule has 1 rings (SSSR count). The van der Waals surface area contributed by atoms with Crippen LogP contribution in [0, 0.1) is 6.92 Å². The van der Waals surface area contributed by atoms with Gasteiger partial charge in [-0.1, -0.05) is 32.0 Å². The molecule has 4 heteroatoms. The lowest BCUT2D eigenvalue weighted by molar-refractivity contribution is -0.145. The topological polar surface area (TPSA) is 49.3 Å². The molecule has 0 amide bonds. The molecule has 0 aromatic heterocycles. The zero-order valence-corrected chi connectivity index (χ0v) is 13.4. The van der Waals surface area contributed by atoms with E-state index >= 15 is 0 Å². The number of carboxylic acid groups (broad SMARTS) is 1. The molecule has 2 N–H and O–H groups in total. The lowest BCUT2D eigenvalue weighted by Gasteiger charge is -2.29. The predicted molar refractivity (Wildman–Crippen MR) is 85.5 cm³/mol. The molecule has 112 valence electrons. The minimum Gasteiger partial charge on any atom is -0.480 e. The van der Waals surface area contributed by atoms with E-state index < -0.39 is 11.5 Å². The molecule has 0 radical (unpaired) electrons. The highest BCUT2D eigenvalue weighted by Gasteiger charge is 2.34. The molecule has 0 aliphatic rings. The smallest absolute Gasteiger partial charge is 0.323 e. The van der Waals surface area contributed by atoms with E-state index in [0.717, 1.165) is 12.2 Å². The highest BCUT2D eigenvalue weighted by Crippen LogP contribution is 2.25. The summed E-state index contributed by atoms with van der Waals surface area (Å²) in [5, 5.41) is 12.6. The molecule has 0 bridgehead atoms. The van der Waals surface area contributed by atoms with E-state index in [2.05, 4.69) is 24.4 Å². The van der Waals surface area contributed by atoms with Crippen molar-refractivity contribution in [3.8, 4) is 0 Å². The van der Waals surface area contributed by atoms with Gasteiger partial charge >= 0.3 is 5.97 Å². The van der Waals surface area contributed by atoms with Crippen molar-refractivity contribution in [2.75, 3.05) is 12.3 Å². The Morgan fingerprint density at radius 3 is 2.60 bits per heavy atom. The second-order valence-corrected chi connectivity index (χ2v) is 6.13. The fourth-order valence-corrected chi connectivity index (χ4v) is 3.32. The van der Waals surface area contributed by atoms with Gasteiger partial charge in [-0.05, 0) is 50.1 Å². The van der Waals surface area contributed by atoms with Crippen molar-refractivity contribution in [2.45, 2.75) is 50.5 Å². The summed E-state index contributed by atoms with van der Waals surface area (Å²) in [7, 11) is 0. The molecular formula is C16H25NO2S. The molecule has 0 spiro atoms. The van der Waals surface area contributed by atoms with Crippen molar-refractivity contribution >= 4 is 17.7 Å². The summed E-state index contributed by atoms with van der Waals surface area (Å²) in [5.41, 5.74) is 0.519. The van der Waals surface area contributed by atoms with Crippen molar-refractivity contribution in [3.63, 3.8) is 0 Å². The Bertz CT molecular complexity index is 436. The fraction of sp³-hybridized carbons (Fsp3) is 0.562. The number of carbonyl (C=O) groups is 1. The first kappa shape index (κ1) is 17.1. The number of hydrogen-bond acceptors (Lipinski definition) is 3. The van der Waals surface area contributed by atoms with Crippen LogP contribution in [0.15, 0.2) is 29.2 Å². The van der Waals surface area contributed by atoms with Gasteiger partial charge in [0, 0.05) is 4.90 Å². The number of thioether (sulfide) groups is 1. The average Bonchev–Trinajstić information content (AvgIpc) is 2.43. The lowest BCUT2D eigenvalue weighted by Crippen LogP contribution is -2.51. The van der Waals surface area contributed by atoms with Crippen LogP contribution in [0.5, 0.6) is 0 Å². The van der Waals surface area contributed by atoms with Crippen molar-refractivity contribution in [1.29, 1.82) is 0 Å². The van der Waals surface area contributed by atoms with E-state index in [0.29, 0.717) is 19.4 Å². The van der Waals surface area contributed by atoms with Crippen LogP contribution in [-0.4, -0.2) is 28.9 Å². The Kier molecular flexibility index (Phi) is 7.10. The van der Waals surface area contributed by atoms with Crippen LogP contribution in [0.1, 0.15) is 38.7 Å². The first-order valence-corrected chi connectivity index (χ1v) is 8.21. The average molecular weight is 295 g/mol. The van der Waals surface area contributed by atoms with E-state index in [9.17, 15) is 9.90 Å². The van der Waals surface area contributed by atoms with Crippen LogP contribution in [0.2, 0.25) is 0 Å². The maximum Gasteiger partial charge on any atom is 0.323 e.